The first kappa shape index (κ1) is 10.7. The minimum absolute atomic E-state index is 0.286. The molecule has 2 N–H and O–H groups in total. The zero-order chi connectivity index (χ0) is 11.9. The maximum absolute atomic E-state index is 5.90. The van der Waals surface area contributed by atoms with E-state index >= 15 is 0 Å². The van der Waals surface area contributed by atoms with Crippen LogP contribution >= 0.6 is 0 Å². The van der Waals surface area contributed by atoms with Crippen molar-refractivity contribution in [3.8, 4) is 0 Å². The third kappa shape index (κ3) is 1.72. The van der Waals surface area contributed by atoms with Crippen LogP contribution in [0, 0.1) is 12.3 Å². The second-order valence-electron chi connectivity index (χ2n) is 5.28. The van der Waals surface area contributed by atoms with Gasteiger partial charge in [0.1, 0.15) is 5.82 Å². The largest absolute Gasteiger partial charge is 0.330 e. The van der Waals surface area contributed by atoms with Gasteiger partial charge in [0.15, 0.2) is 5.65 Å². The summed E-state index contributed by atoms with van der Waals surface area (Å²) in [5, 5.41) is 8.54. The second-order valence-corrected chi connectivity index (χ2v) is 5.28. The summed E-state index contributed by atoms with van der Waals surface area (Å²) in [6, 6.07) is 4.15. The molecule has 90 valence electrons. The summed E-state index contributed by atoms with van der Waals surface area (Å²) in [6.07, 6.45) is 6.76. The second kappa shape index (κ2) is 3.81. The molecule has 0 atom stereocenters. The van der Waals surface area contributed by atoms with Crippen LogP contribution < -0.4 is 5.73 Å². The third-order valence-corrected chi connectivity index (χ3v) is 4.02. The molecule has 4 nitrogen and oxygen atoms in total. The number of rotatable bonds is 3. The number of nitrogens with zero attached hydrogens (tertiary/aromatic N) is 3. The summed E-state index contributed by atoms with van der Waals surface area (Å²) in [5.74, 6) is 1.05. The van der Waals surface area contributed by atoms with Gasteiger partial charge in [0, 0.05) is 12.6 Å². The fourth-order valence-electron chi connectivity index (χ4n) is 2.63. The molecule has 1 aliphatic rings. The van der Waals surface area contributed by atoms with Crippen LogP contribution in [-0.4, -0.2) is 21.1 Å². The van der Waals surface area contributed by atoms with Gasteiger partial charge in [-0.1, -0.05) is 6.42 Å². The molecule has 1 saturated carbocycles. The lowest BCUT2D eigenvalue weighted by Crippen LogP contribution is -2.39. The van der Waals surface area contributed by atoms with Crippen molar-refractivity contribution in [2.45, 2.75) is 32.6 Å². The van der Waals surface area contributed by atoms with Crippen LogP contribution in [0.25, 0.3) is 5.65 Å². The number of hydrogen-bond acceptors (Lipinski definition) is 3. The lowest BCUT2D eigenvalue weighted by molar-refractivity contribution is 0.141. The fourth-order valence-corrected chi connectivity index (χ4v) is 2.63. The fraction of sp³-hybridized carbons (Fsp3) is 0.538. The molecule has 0 spiro atoms. The average molecular weight is 230 g/mol. The summed E-state index contributed by atoms with van der Waals surface area (Å²) < 4.78 is 2.09. The number of fused-ring (bicyclic) bond motifs is 1. The Labute approximate surface area is 101 Å². The Hall–Kier alpha value is -1.42. The van der Waals surface area contributed by atoms with Crippen molar-refractivity contribution < 1.29 is 0 Å². The molecule has 1 fully saturated rings. The van der Waals surface area contributed by atoms with Gasteiger partial charge in [0.25, 0.3) is 0 Å². The summed E-state index contributed by atoms with van der Waals surface area (Å²) in [6.45, 7) is 2.83. The van der Waals surface area contributed by atoms with Gasteiger partial charge in [-0.05, 0) is 49.4 Å². The Morgan fingerprint density at radius 3 is 2.88 bits per heavy atom. The molecule has 0 aromatic carbocycles. The van der Waals surface area contributed by atoms with Gasteiger partial charge in [0.2, 0.25) is 0 Å². The molecule has 2 aromatic rings. The minimum Gasteiger partial charge on any atom is -0.330 e. The summed E-state index contributed by atoms with van der Waals surface area (Å²) in [4.78, 5) is 0. The van der Waals surface area contributed by atoms with Crippen molar-refractivity contribution in [2.24, 2.45) is 11.1 Å². The molecule has 17 heavy (non-hydrogen) atoms. The smallest absolute Gasteiger partial charge is 0.161 e. The highest BCUT2D eigenvalue weighted by Crippen LogP contribution is 2.42. The average Bonchev–Trinajstić information content (AvgIpc) is 2.66. The number of nitrogens with two attached hydrogens (primary N) is 1. The molecule has 4 heteroatoms. The molecular formula is C13H18N4. The highest BCUT2D eigenvalue weighted by Gasteiger charge is 2.36. The van der Waals surface area contributed by atoms with E-state index in [-0.39, 0.29) is 5.41 Å². The zero-order valence-electron chi connectivity index (χ0n) is 10.2. The van der Waals surface area contributed by atoms with Crippen LogP contribution in [0.5, 0.6) is 0 Å². The van der Waals surface area contributed by atoms with E-state index in [1.54, 1.807) is 0 Å². The molecule has 2 aromatic heterocycles. The van der Waals surface area contributed by atoms with Crippen LogP contribution in [0.4, 0.5) is 0 Å². The Kier molecular flexibility index (Phi) is 2.40. The van der Waals surface area contributed by atoms with E-state index in [9.17, 15) is 0 Å². The van der Waals surface area contributed by atoms with Gasteiger partial charge in [-0.25, -0.2) is 0 Å². The molecule has 0 amide bonds. The number of aryl methyl sites for hydroxylation is 1. The van der Waals surface area contributed by atoms with E-state index < -0.39 is 0 Å². The monoisotopic (exact) mass is 230 g/mol. The van der Waals surface area contributed by atoms with Crippen LogP contribution in [0.2, 0.25) is 0 Å². The maximum atomic E-state index is 5.90. The van der Waals surface area contributed by atoms with E-state index in [4.69, 9.17) is 5.73 Å². The van der Waals surface area contributed by atoms with Gasteiger partial charge in [-0.15, -0.1) is 10.2 Å². The highest BCUT2D eigenvalue weighted by atomic mass is 15.2. The zero-order valence-corrected chi connectivity index (χ0v) is 10.2. The maximum Gasteiger partial charge on any atom is 0.161 e. The first-order valence-corrected chi connectivity index (χ1v) is 6.23. The minimum atomic E-state index is 0.286. The summed E-state index contributed by atoms with van der Waals surface area (Å²) >= 11 is 0. The van der Waals surface area contributed by atoms with Crippen LogP contribution in [-0.2, 0) is 6.42 Å². The number of aromatic nitrogens is 3. The van der Waals surface area contributed by atoms with Crippen LogP contribution in [0.1, 0.15) is 30.7 Å². The normalized spacial score (nSPS) is 18.2. The molecule has 0 unspecified atom stereocenters. The first-order chi connectivity index (χ1) is 8.22. The summed E-state index contributed by atoms with van der Waals surface area (Å²) in [7, 11) is 0. The van der Waals surface area contributed by atoms with E-state index in [1.165, 1.54) is 24.8 Å². The lowest BCUT2D eigenvalue weighted by atomic mass is 9.66. The molecule has 0 bridgehead atoms. The summed E-state index contributed by atoms with van der Waals surface area (Å²) in [5.41, 5.74) is 8.33. The molecule has 1 aliphatic carbocycles. The van der Waals surface area contributed by atoms with Crippen molar-refractivity contribution >= 4 is 5.65 Å². The molecule has 2 heterocycles. The van der Waals surface area contributed by atoms with Gasteiger partial charge >= 0.3 is 0 Å². The standard InChI is InChI=1S/C13H18N4/c1-10-3-6-17-11(7-10)15-16-12(17)8-13(9-14)4-2-5-13/h3,6-7H,2,4-5,8-9,14H2,1H3. The highest BCUT2D eigenvalue weighted by molar-refractivity contribution is 5.40. The SMILES string of the molecule is Cc1ccn2c(CC3(CN)CCC3)nnc2c1. The van der Waals surface area contributed by atoms with E-state index in [2.05, 4.69) is 39.9 Å². The third-order valence-electron chi connectivity index (χ3n) is 4.02. The van der Waals surface area contributed by atoms with Crippen LogP contribution in [0.15, 0.2) is 18.3 Å². The van der Waals surface area contributed by atoms with Gasteiger partial charge in [-0.3, -0.25) is 4.40 Å². The number of hydrogen-bond donors (Lipinski definition) is 1. The molecule has 0 saturated heterocycles. The Morgan fingerprint density at radius 1 is 1.41 bits per heavy atom. The van der Waals surface area contributed by atoms with E-state index in [0.717, 1.165) is 24.4 Å². The molecule has 3 rings (SSSR count). The predicted octanol–water partition coefficient (Wildman–Crippen LogP) is 1.71. The van der Waals surface area contributed by atoms with Crippen molar-refractivity contribution in [1.29, 1.82) is 0 Å². The van der Waals surface area contributed by atoms with E-state index in [1.807, 2.05) is 0 Å². The van der Waals surface area contributed by atoms with Gasteiger partial charge in [0.05, 0.1) is 0 Å². The molecule has 0 radical (unpaired) electrons. The van der Waals surface area contributed by atoms with Crippen molar-refractivity contribution in [3.63, 3.8) is 0 Å². The van der Waals surface area contributed by atoms with Crippen molar-refractivity contribution in [3.05, 3.63) is 29.7 Å². The number of pyridine rings is 1. The van der Waals surface area contributed by atoms with Crippen molar-refractivity contribution in [1.82, 2.24) is 14.6 Å². The molecular weight excluding hydrogens is 212 g/mol. The Morgan fingerprint density at radius 2 is 2.24 bits per heavy atom. The van der Waals surface area contributed by atoms with Crippen LogP contribution in [0.3, 0.4) is 0 Å². The Bertz CT molecular complexity index is 534. The van der Waals surface area contributed by atoms with Gasteiger partial charge < -0.3 is 5.73 Å². The lowest BCUT2D eigenvalue weighted by Gasteiger charge is -2.40. The topological polar surface area (TPSA) is 56.2 Å². The van der Waals surface area contributed by atoms with Crippen molar-refractivity contribution in [2.75, 3.05) is 6.54 Å². The molecule has 0 aliphatic heterocycles. The Balaban J connectivity index is 1.95. The first-order valence-electron chi connectivity index (χ1n) is 6.23. The predicted molar refractivity (Wildman–Crippen MR) is 66.8 cm³/mol. The van der Waals surface area contributed by atoms with E-state index in [0.29, 0.717) is 0 Å². The quantitative estimate of drug-likeness (QED) is 0.873. The van der Waals surface area contributed by atoms with Gasteiger partial charge in [-0.2, -0.15) is 0 Å².